The Morgan fingerprint density at radius 3 is 2.55 bits per heavy atom. The Kier molecular flexibility index (Phi) is 6.32. The van der Waals surface area contributed by atoms with E-state index in [1.165, 1.54) is 22.9 Å². The lowest BCUT2D eigenvalue weighted by Crippen LogP contribution is -2.41. The molecule has 2 heterocycles. The maximum atomic E-state index is 13.0. The summed E-state index contributed by atoms with van der Waals surface area (Å²) in [5.41, 5.74) is 1.23. The van der Waals surface area contributed by atoms with Crippen LogP contribution in [0.4, 0.5) is 10.2 Å². The Balaban J connectivity index is 1.37. The fraction of sp³-hybridized carbons (Fsp3) is 0.261. The molecule has 1 fully saturated rings. The number of benzene rings is 2. The molecule has 1 amide bonds. The van der Waals surface area contributed by atoms with Crippen molar-refractivity contribution in [3.63, 3.8) is 0 Å². The minimum Gasteiger partial charge on any atom is -0.355 e. The van der Waals surface area contributed by atoms with Crippen molar-refractivity contribution in [1.82, 2.24) is 15.1 Å². The quantitative estimate of drug-likeness (QED) is 0.658. The predicted octanol–water partition coefficient (Wildman–Crippen LogP) is 3.56. The van der Waals surface area contributed by atoms with Crippen LogP contribution in [-0.4, -0.2) is 28.8 Å². The van der Waals surface area contributed by atoms with Gasteiger partial charge < -0.3 is 10.2 Å². The highest BCUT2D eigenvalue weighted by Crippen LogP contribution is 2.22. The van der Waals surface area contributed by atoms with Crippen molar-refractivity contribution in [3.8, 4) is 5.69 Å². The van der Waals surface area contributed by atoms with Crippen molar-refractivity contribution < 1.29 is 9.18 Å². The molecule has 0 atom stereocenters. The van der Waals surface area contributed by atoms with Gasteiger partial charge in [0.25, 0.3) is 5.56 Å². The zero-order valence-electron chi connectivity index (χ0n) is 16.8. The second-order valence-electron chi connectivity index (χ2n) is 7.53. The highest BCUT2D eigenvalue weighted by molar-refractivity contribution is 6.30. The molecular formula is C23H22ClFN4O2. The van der Waals surface area contributed by atoms with Crippen LogP contribution >= 0.6 is 11.6 Å². The van der Waals surface area contributed by atoms with E-state index in [-0.39, 0.29) is 23.2 Å². The van der Waals surface area contributed by atoms with Crippen LogP contribution in [0.3, 0.4) is 0 Å². The zero-order valence-corrected chi connectivity index (χ0v) is 17.6. The number of carbonyl (C=O) groups is 1. The van der Waals surface area contributed by atoms with Gasteiger partial charge in [0.2, 0.25) is 5.91 Å². The third-order valence-corrected chi connectivity index (χ3v) is 5.64. The molecule has 3 aromatic rings. The lowest BCUT2D eigenvalue weighted by molar-refractivity contribution is -0.125. The lowest BCUT2D eigenvalue weighted by atomic mass is 9.96. The van der Waals surface area contributed by atoms with Gasteiger partial charge in [-0.1, -0.05) is 29.8 Å². The van der Waals surface area contributed by atoms with Crippen molar-refractivity contribution in [3.05, 3.63) is 87.4 Å². The van der Waals surface area contributed by atoms with Gasteiger partial charge in [-0.2, -0.15) is 4.68 Å². The SMILES string of the molecule is O=C(NCc1ccc(F)cc1)C1CCN(c2ccc(=O)n(-c3cccc(Cl)c3)n2)CC1. The molecule has 8 heteroatoms. The second kappa shape index (κ2) is 9.31. The van der Waals surface area contributed by atoms with E-state index in [0.717, 1.165) is 5.56 Å². The number of piperidine rings is 1. The van der Waals surface area contributed by atoms with E-state index in [1.54, 1.807) is 42.5 Å². The summed E-state index contributed by atoms with van der Waals surface area (Å²) in [7, 11) is 0. The highest BCUT2D eigenvalue weighted by Gasteiger charge is 2.25. The van der Waals surface area contributed by atoms with E-state index in [9.17, 15) is 14.0 Å². The molecule has 1 aromatic heterocycles. The first-order valence-corrected chi connectivity index (χ1v) is 10.5. The summed E-state index contributed by atoms with van der Waals surface area (Å²) in [6.45, 7) is 1.70. The summed E-state index contributed by atoms with van der Waals surface area (Å²) in [5, 5.41) is 7.96. The monoisotopic (exact) mass is 440 g/mol. The molecule has 0 aliphatic carbocycles. The predicted molar refractivity (Wildman–Crippen MR) is 118 cm³/mol. The molecule has 2 aromatic carbocycles. The van der Waals surface area contributed by atoms with Crippen molar-refractivity contribution in [1.29, 1.82) is 0 Å². The third-order valence-electron chi connectivity index (χ3n) is 5.41. The normalized spacial score (nSPS) is 14.5. The summed E-state index contributed by atoms with van der Waals surface area (Å²) in [4.78, 5) is 26.9. The smallest absolute Gasteiger partial charge is 0.271 e. The zero-order chi connectivity index (χ0) is 21.8. The molecule has 0 unspecified atom stereocenters. The summed E-state index contributed by atoms with van der Waals surface area (Å²) >= 11 is 6.04. The van der Waals surface area contributed by atoms with Crippen LogP contribution in [0, 0.1) is 11.7 Å². The van der Waals surface area contributed by atoms with E-state index < -0.39 is 0 Å². The van der Waals surface area contributed by atoms with E-state index in [1.807, 2.05) is 0 Å². The first-order chi connectivity index (χ1) is 15.0. The average molecular weight is 441 g/mol. The van der Waals surface area contributed by atoms with Crippen molar-refractivity contribution in [2.45, 2.75) is 19.4 Å². The number of hydrogen-bond acceptors (Lipinski definition) is 4. The first kappa shape index (κ1) is 21.1. The fourth-order valence-corrected chi connectivity index (χ4v) is 3.85. The van der Waals surface area contributed by atoms with E-state index in [2.05, 4.69) is 15.3 Å². The molecule has 1 saturated heterocycles. The summed E-state index contributed by atoms with van der Waals surface area (Å²) in [5.74, 6) is 0.305. The van der Waals surface area contributed by atoms with Gasteiger partial charge in [0.15, 0.2) is 0 Å². The van der Waals surface area contributed by atoms with Gasteiger partial charge in [0, 0.05) is 36.6 Å². The molecule has 1 aliphatic rings. The molecule has 6 nitrogen and oxygen atoms in total. The number of aromatic nitrogens is 2. The molecule has 31 heavy (non-hydrogen) atoms. The van der Waals surface area contributed by atoms with Gasteiger partial charge >= 0.3 is 0 Å². The van der Waals surface area contributed by atoms with Crippen LogP contribution in [0.15, 0.2) is 65.5 Å². The van der Waals surface area contributed by atoms with Gasteiger partial charge in [-0.15, -0.1) is 5.10 Å². The van der Waals surface area contributed by atoms with Crippen molar-refractivity contribution in [2.75, 3.05) is 18.0 Å². The van der Waals surface area contributed by atoms with Crippen LogP contribution in [0.5, 0.6) is 0 Å². The molecular weight excluding hydrogens is 419 g/mol. The third kappa shape index (κ3) is 5.11. The molecule has 0 bridgehead atoms. The second-order valence-corrected chi connectivity index (χ2v) is 7.96. The largest absolute Gasteiger partial charge is 0.355 e. The van der Waals surface area contributed by atoms with Crippen LogP contribution in [0.25, 0.3) is 5.69 Å². The number of amides is 1. The van der Waals surface area contributed by atoms with Gasteiger partial charge in [-0.05, 0) is 54.8 Å². The Labute approximate surface area is 184 Å². The summed E-state index contributed by atoms with van der Waals surface area (Å²) in [6.07, 6.45) is 1.38. The molecule has 1 N–H and O–H groups in total. The number of nitrogens with one attached hydrogen (secondary N) is 1. The van der Waals surface area contributed by atoms with Crippen LogP contribution < -0.4 is 15.8 Å². The van der Waals surface area contributed by atoms with E-state index >= 15 is 0 Å². The number of anilines is 1. The summed E-state index contributed by atoms with van der Waals surface area (Å²) < 4.78 is 14.3. The van der Waals surface area contributed by atoms with Gasteiger partial charge in [-0.25, -0.2) is 4.39 Å². The Morgan fingerprint density at radius 1 is 1.10 bits per heavy atom. The number of carbonyl (C=O) groups excluding carboxylic acids is 1. The molecule has 1 aliphatic heterocycles. The number of halogens is 2. The Hall–Kier alpha value is -3.19. The van der Waals surface area contributed by atoms with Crippen LogP contribution in [0.1, 0.15) is 18.4 Å². The number of hydrogen-bond donors (Lipinski definition) is 1. The average Bonchev–Trinajstić information content (AvgIpc) is 2.79. The lowest BCUT2D eigenvalue weighted by Gasteiger charge is -2.32. The Bertz CT molecular complexity index is 1120. The van der Waals surface area contributed by atoms with E-state index in [0.29, 0.717) is 49.0 Å². The molecule has 0 spiro atoms. The molecule has 160 valence electrons. The van der Waals surface area contributed by atoms with Crippen LogP contribution in [-0.2, 0) is 11.3 Å². The number of rotatable bonds is 5. The minimum atomic E-state index is -0.294. The minimum absolute atomic E-state index is 0.000770. The van der Waals surface area contributed by atoms with E-state index in [4.69, 9.17) is 11.6 Å². The highest BCUT2D eigenvalue weighted by atomic mass is 35.5. The van der Waals surface area contributed by atoms with Gasteiger partial charge in [0.1, 0.15) is 11.6 Å². The van der Waals surface area contributed by atoms with Gasteiger partial charge in [0.05, 0.1) is 5.69 Å². The standard InChI is InChI=1S/C23H22ClFN4O2/c24-18-2-1-3-20(14-18)29-22(30)9-8-21(27-29)28-12-10-17(11-13-28)23(31)26-15-16-4-6-19(25)7-5-16/h1-9,14,17H,10-13,15H2,(H,26,31). The Morgan fingerprint density at radius 2 is 1.84 bits per heavy atom. The fourth-order valence-electron chi connectivity index (χ4n) is 3.67. The van der Waals surface area contributed by atoms with Crippen LogP contribution in [0.2, 0.25) is 5.02 Å². The van der Waals surface area contributed by atoms with Crippen molar-refractivity contribution in [2.24, 2.45) is 5.92 Å². The molecule has 0 radical (unpaired) electrons. The maximum absolute atomic E-state index is 13.0. The topological polar surface area (TPSA) is 67.2 Å². The summed E-state index contributed by atoms with van der Waals surface area (Å²) in [6, 6.07) is 16.3. The first-order valence-electron chi connectivity index (χ1n) is 10.1. The van der Waals surface area contributed by atoms with Gasteiger partial charge in [-0.3, -0.25) is 9.59 Å². The molecule has 0 saturated carbocycles. The number of nitrogens with zero attached hydrogens (tertiary/aromatic N) is 3. The maximum Gasteiger partial charge on any atom is 0.271 e. The van der Waals surface area contributed by atoms with Crippen molar-refractivity contribution >= 4 is 23.3 Å². The molecule has 4 rings (SSSR count).